The van der Waals surface area contributed by atoms with Crippen LogP contribution in [0.25, 0.3) is 16.9 Å². The zero-order valence-corrected chi connectivity index (χ0v) is 19.0. The lowest BCUT2D eigenvalue weighted by Gasteiger charge is -2.13. The zero-order chi connectivity index (χ0) is 24.5. The van der Waals surface area contributed by atoms with Gasteiger partial charge in [0, 0.05) is 37.0 Å². The lowest BCUT2D eigenvalue weighted by Crippen LogP contribution is -2.26. The molecule has 1 amide bonds. The van der Waals surface area contributed by atoms with Crippen LogP contribution in [-0.2, 0) is 4.79 Å². The van der Waals surface area contributed by atoms with Gasteiger partial charge in [0.2, 0.25) is 11.9 Å². The first kappa shape index (κ1) is 22.3. The maximum Gasteiger partial charge on any atom is 0.255 e. The summed E-state index contributed by atoms with van der Waals surface area (Å²) >= 11 is 0. The second-order valence-electron chi connectivity index (χ2n) is 8.08. The average Bonchev–Trinajstić information content (AvgIpc) is 3.51. The molecule has 0 saturated carbocycles. The fourth-order valence-electron chi connectivity index (χ4n) is 4.33. The van der Waals surface area contributed by atoms with Gasteiger partial charge in [-0.2, -0.15) is 0 Å². The monoisotopic (exact) mass is 474 g/mol. The second kappa shape index (κ2) is 9.05. The van der Waals surface area contributed by atoms with E-state index < -0.39 is 5.82 Å². The molecule has 35 heavy (non-hydrogen) atoms. The number of benzene rings is 1. The zero-order valence-electron chi connectivity index (χ0n) is 19.0. The normalized spacial score (nSPS) is 15.4. The number of carbonyl (C=O) groups excluding carboxylic acids is 1. The molecule has 178 valence electrons. The Labute approximate surface area is 200 Å². The summed E-state index contributed by atoms with van der Waals surface area (Å²) in [6.07, 6.45) is 5.19. The maximum atomic E-state index is 14.0. The number of anilines is 1. The fourth-order valence-corrected chi connectivity index (χ4v) is 4.33. The van der Waals surface area contributed by atoms with E-state index in [0.717, 1.165) is 17.6 Å². The Morgan fingerprint density at radius 1 is 1.23 bits per heavy atom. The SMILES string of the molecule is C=CC(=O)N1CCC(c2nc(-c3ccc(Oc4ncccc4F)c(OC)c3)n3c(N)nccc23)C1. The van der Waals surface area contributed by atoms with Crippen LogP contribution in [0.3, 0.4) is 0 Å². The van der Waals surface area contributed by atoms with Gasteiger partial charge in [0.1, 0.15) is 5.82 Å². The summed E-state index contributed by atoms with van der Waals surface area (Å²) in [6.45, 7) is 4.76. The standard InChI is InChI=1S/C25H23FN6O3/c1-3-21(33)31-12-9-16(14-31)22-18-8-11-29-25(27)32(18)23(30-22)15-6-7-19(20(13-15)34-2)35-24-17(26)5-4-10-28-24/h3-8,10-11,13,16H,1,9,12,14H2,2H3,(H2,27,29). The molecule has 5 rings (SSSR count). The van der Waals surface area contributed by atoms with Crippen LogP contribution in [0, 0.1) is 5.82 Å². The van der Waals surface area contributed by atoms with Crippen LogP contribution < -0.4 is 15.2 Å². The summed E-state index contributed by atoms with van der Waals surface area (Å²) in [5, 5.41) is 0. The number of hydrogen-bond donors (Lipinski definition) is 1. The first-order valence-corrected chi connectivity index (χ1v) is 11.0. The Balaban J connectivity index is 1.55. The van der Waals surface area contributed by atoms with Gasteiger partial charge < -0.3 is 20.1 Å². The number of aromatic nitrogens is 4. The van der Waals surface area contributed by atoms with Crippen molar-refractivity contribution in [2.45, 2.75) is 12.3 Å². The smallest absolute Gasteiger partial charge is 0.255 e. The summed E-state index contributed by atoms with van der Waals surface area (Å²) in [7, 11) is 1.50. The van der Waals surface area contributed by atoms with Crippen molar-refractivity contribution in [3.05, 3.63) is 73.0 Å². The number of pyridine rings is 1. The molecule has 1 unspecified atom stereocenters. The number of methoxy groups -OCH3 is 1. The van der Waals surface area contributed by atoms with Crippen LogP contribution in [0.5, 0.6) is 17.4 Å². The van der Waals surface area contributed by atoms with E-state index in [0.29, 0.717) is 36.0 Å². The minimum Gasteiger partial charge on any atom is -0.493 e. The van der Waals surface area contributed by atoms with Crippen molar-refractivity contribution < 1.29 is 18.7 Å². The van der Waals surface area contributed by atoms with E-state index in [4.69, 9.17) is 20.2 Å². The number of hydrogen-bond acceptors (Lipinski definition) is 7. The van der Waals surface area contributed by atoms with E-state index in [2.05, 4.69) is 16.5 Å². The molecule has 4 aromatic rings. The number of amides is 1. The Kier molecular flexibility index (Phi) is 5.77. The molecule has 1 aliphatic heterocycles. The third-order valence-corrected chi connectivity index (χ3v) is 6.02. The summed E-state index contributed by atoms with van der Waals surface area (Å²) in [5.41, 5.74) is 8.61. The van der Waals surface area contributed by atoms with E-state index in [1.807, 2.05) is 6.07 Å². The van der Waals surface area contributed by atoms with E-state index >= 15 is 0 Å². The quantitative estimate of drug-likeness (QED) is 0.423. The predicted molar refractivity (Wildman–Crippen MR) is 128 cm³/mol. The number of imidazole rings is 1. The molecular formula is C25H23FN6O3. The van der Waals surface area contributed by atoms with E-state index in [1.54, 1.807) is 33.7 Å². The van der Waals surface area contributed by atoms with Crippen molar-refractivity contribution in [2.75, 3.05) is 25.9 Å². The highest BCUT2D eigenvalue weighted by Crippen LogP contribution is 2.38. The van der Waals surface area contributed by atoms with Gasteiger partial charge in [-0.15, -0.1) is 0 Å². The Morgan fingerprint density at radius 2 is 2.09 bits per heavy atom. The number of carbonyl (C=O) groups is 1. The Hall–Kier alpha value is -4.47. The van der Waals surface area contributed by atoms with Crippen molar-refractivity contribution in [2.24, 2.45) is 0 Å². The second-order valence-corrected chi connectivity index (χ2v) is 8.08. The minimum atomic E-state index is -0.582. The molecule has 1 aromatic carbocycles. The first-order valence-electron chi connectivity index (χ1n) is 11.0. The molecule has 0 spiro atoms. The van der Waals surface area contributed by atoms with Gasteiger partial charge in [-0.3, -0.25) is 9.20 Å². The van der Waals surface area contributed by atoms with Crippen molar-refractivity contribution in [1.82, 2.24) is 24.3 Å². The largest absolute Gasteiger partial charge is 0.493 e. The predicted octanol–water partition coefficient (Wildman–Crippen LogP) is 3.82. The number of ether oxygens (including phenoxy) is 2. The fraction of sp³-hybridized carbons (Fsp3) is 0.200. The highest BCUT2D eigenvalue weighted by molar-refractivity contribution is 5.87. The molecule has 9 nitrogen and oxygen atoms in total. The number of nitrogens with two attached hydrogens (primary N) is 1. The topological polar surface area (TPSA) is 108 Å². The van der Waals surface area contributed by atoms with Gasteiger partial charge in [0.05, 0.1) is 18.3 Å². The average molecular weight is 474 g/mol. The minimum absolute atomic E-state index is 0.0427. The molecule has 10 heteroatoms. The highest BCUT2D eigenvalue weighted by atomic mass is 19.1. The molecule has 4 heterocycles. The summed E-state index contributed by atoms with van der Waals surface area (Å²) in [6, 6.07) is 9.80. The van der Waals surface area contributed by atoms with Crippen LogP contribution in [0.1, 0.15) is 18.0 Å². The number of nitrogens with zero attached hydrogens (tertiary/aromatic N) is 5. The van der Waals surface area contributed by atoms with Crippen molar-refractivity contribution >= 4 is 17.4 Å². The van der Waals surface area contributed by atoms with Gasteiger partial charge in [-0.1, -0.05) is 6.58 Å². The van der Waals surface area contributed by atoms with E-state index in [-0.39, 0.29) is 23.7 Å². The number of fused-ring (bicyclic) bond motifs is 1. The number of halogens is 1. The summed E-state index contributed by atoms with van der Waals surface area (Å²) < 4.78 is 27.0. The van der Waals surface area contributed by atoms with Crippen molar-refractivity contribution in [1.29, 1.82) is 0 Å². The van der Waals surface area contributed by atoms with Gasteiger partial charge in [0.25, 0.3) is 5.88 Å². The van der Waals surface area contributed by atoms with Gasteiger partial charge in [-0.05, 0) is 48.9 Å². The molecule has 1 atom stereocenters. The Bertz CT molecular complexity index is 1440. The summed E-state index contributed by atoms with van der Waals surface area (Å²) in [4.78, 5) is 26.9. The third kappa shape index (κ3) is 4.03. The molecule has 1 aliphatic rings. The van der Waals surface area contributed by atoms with Crippen LogP contribution in [0.2, 0.25) is 0 Å². The van der Waals surface area contributed by atoms with E-state index in [9.17, 15) is 9.18 Å². The van der Waals surface area contributed by atoms with Crippen LogP contribution in [-0.4, -0.2) is 50.4 Å². The Morgan fingerprint density at radius 3 is 2.86 bits per heavy atom. The van der Waals surface area contributed by atoms with Gasteiger partial charge in [0.15, 0.2) is 17.3 Å². The number of likely N-dealkylation sites (tertiary alicyclic amines) is 1. The summed E-state index contributed by atoms with van der Waals surface area (Å²) in [5.74, 6) is 0.740. The molecule has 1 saturated heterocycles. The molecule has 0 aliphatic carbocycles. The maximum absolute atomic E-state index is 14.0. The van der Waals surface area contributed by atoms with Crippen LogP contribution >= 0.6 is 0 Å². The molecule has 2 N–H and O–H groups in total. The first-order chi connectivity index (χ1) is 17.0. The van der Waals surface area contributed by atoms with Gasteiger partial charge in [-0.25, -0.2) is 19.3 Å². The molecule has 0 radical (unpaired) electrons. The molecule has 3 aromatic heterocycles. The van der Waals surface area contributed by atoms with E-state index in [1.165, 1.54) is 31.5 Å². The van der Waals surface area contributed by atoms with Crippen molar-refractivity contribution in [3.63, 3.8) is 0 Å². The number of rotatable bonds is 6. The highest BCUT2D eigenvalue weighted by Gasteiger charge is 2.30. The van der Waals surface area contributed by atoms with Gasteiger partial charge >= 0.3 is 0 Å². The lowest BCUT2D eigenvalue weighted by molar-refractivity contribution is -0.125. The third-order valence-electron chi connectivity index (χ3n) is 6.02. The van der Waals surface area contributed by atoms with Crippen LogP contribution in [0.4, 0.5) is 10.3 Å². The molecule has 0 bridgehead atoms. The number of nitrogen functional groups attached to an aromatic ring is 1. The van der Waals surface area contributed by atoms with Crippen molar-refractivity contribution in [3.8, 4) is 28.8 Å². The van der Waals surface area contributed by atoms with Crippen LogP contribution in [0.15, 0.2) is 61.4 Å². The molecule has 1 fully saturated rings. The molecular weight excluding hydrogens is 451 g/mol. The lowest BCUT2D eigenvalue weighted by atomic mass is 10.0.